The number of hydrogen-bond acceptors (Lipinski definition) is 3. The van der Waals surface area contributed by atoms with E-state index in [1.54, 1.807) is 7.11 Å². The van der Waals surface area contributed by atoms with Crippen molar-refractivity contribution in [3.63, 3.8) is 0 Å². The van der Waals surface area contributed by atoms with E-state index in [1.165, 1.54) is 16.7 Å². The smallest absolute Gasteiger partial charge is 0.125 e. The van der Waals surface area contributed by atoms with Crippen molar-refractivity contribution in [2.75, 3.05) is 13.7 Å². The van der Waals surface area contributed by atoms with Crippen molar-refractivity contribution < 1.29 is 9.47 Å². The van der Waals surface area contributed by atoms with Crippen LogP contribution in [0.15, 0.2) is 42.5 Å². The Morgan fingerprint density at radius 3 is 2.23 bits per heavy atom. The minimum Gasteiger partial charge on any atom is -0.497 e. The Labute approximate surface area is 133 Å². The van der Waals surface area contributed by atoms with Gasteiger partial charge >= 0.3 is 0 Å². The van der Waals surface area contributed by atoms with Gasteiger partial charge in [0, 0.05) is 13.1 Å². The first kappa shape index (κ1) is 16.4. The summed E-state index contributed by atoms with van der Waals surface area (Å²) in [6, 6.07) is 14.3. The molecule has 0 amide bonds. The summed E-state index contributed by atoms with van der Waals surface area (Å²) < 4.78 is 11.2. The Balaban J connectivity index is 1.81. The number of nitrogens with one attached hydrogen (secondary N) is 1. The molecule has 0 aliphatic rings. The van der Waals surface area contributed by atoms with E-state index in [-0.39, 0.29) is 6.10 Å². The molecule has 0 fully saturated rings. The lowest BCUT2D eigenvalue weighted by Gasteiger charge is -2.19. The van der Waals surface area contributed by atoms with Crippen molar-refractivity contribution >= 4 is 0 Å². The number of ether oxygens (including phenoxy) is 2. The van der Waals surface area contributed by atoms with Gasteiger partial charge in [-0.3, -0.25) is 0 Å². The van der Waals surface area contributed by atoms with Crippen LogP contribution in [-0.4, -0.2) is 19.8 Å². The van der Waals surface area contributed by atoms with Gasteiger partial charge in [0.2, 0.25) is 0 Å². The summed E-state index contributed by atoms with van der Waals surface area (Å²) >= 11 is 0. The fourth-order valence-electron chi connectivity index (χ4n) is 2.39. The zero-order chi connectivity index (χ0) is 15.9. The third-order valence-corrected chi connectivity index (χ3v) is 3.65. The van der Waals surface area contributed by atoms with Crippen LogP contribution in [0.3, 0.4) is 0 Å². The van der Waals surface area contributed by atoms with Gasteiger partial charge in [0.15, 0.2) is 0 Å². The molecule has 1 atom stereocenters. The Morgan fingerprint density at radius 2 is 1.64 bits per heavy atom. The van der Waals surface area contributed by atoms with Crippen molar-refractivity contribution in [3.05, 3.63) is 59.2 Å². The molecule has 22 heavy (non-hydrogen) atoms. The van der Waals surface area contributed by atoms with Gasteiger partial charge in [-0.2, -0.15) is 0 Å². The normalized spacial score (nSPS) is 12.0. The molecule has 0 saturated carbocycles. The van der Waals surface area contributed by atoms with Crippen LogP contribution < -0.4 is 14.8 Å². The Morgan fingerprint density at radius 1 is 1.00 bits per heavy atom. The topological polar surface area (TPSA) is 30.5 Å². The SMILES string of the molecule is COc1ccc(CNCC(C)Oc2c(C)cccc2C)cc1. The monoisotopic (exact) mass is 299 g/mol. The highest BCUT2D eigenvalue weighted by molar-refractivity contribution is 5.39. The molecule has 1 unspecified atom stereocenters. The van der Waals surface area contributed by atoms with Gasteiger partial charge in [-0.05, 0) is 49.6 Å². The van der Waals surface area contributed by atoms with Gasteiger partial charge in [0.1, 0.15) is 17.6 Å². The second kappa shape index (κ2) is 7.85. The van der Waals surface area contributed by atoms with Gasteiger partial charge < -0.3 is 14.8 Å². The highest BCUT2D eigenvalue weighted by Crippen LogP contribution is 2.23. The van der Waals surface area contributed by atoms with Crippen molar-refractivity contribution in [2.45, 2.75) is 33.4 Å². The van der Waals surface area contributed by atoms with E-state index in [0.29, 0.717) is 0 Å². The Bertz CT molecular complexity index is 573. The van der Waals surface area contributed by atoms with Crippen LogP contribution in [0.2, 0.25) is 0 Å². The number of benzene rings is 2. The van der Waals surface area contributed by atoms with Crippen molar-refractivity contribution in [1.29, 1.82) is 0 Å². The van der Waals surface area contributed by atoms with Crippen LogP contribution in [0.4, 0.5) is 0 Å². The molecule has 0 heterocycles. The molecule has 0 radical (unpaired) electrons. The summed E-state index contributed by atoms with van der Waals surface area (Å²) in [7, 11) is 1.68. The molecule has 2 aromatic carbocycles. The number of hydrogen-bond donors (Lipinski definition) is 1. The summed E-state index contributed by atoms with van der Waals surface area (Å²) in [5.41, 5.74) is 3.60. The molecule has 0 bridgehead atoms. The predicted octanol–water partition coefficient (Wildman–Crippen LogP) is 3.87. The fourth-order valence-corrected chi connectivity index (χ4v) is 2.39. The first-order valence-corrected chi connectivity index (χ1v) is 7.66. The highest BCUT2D eigenvalue weighted by atomic mass is 16.5. The van der Waals surface area contributed by atoms with E-state index in [0.717, 1.165) is 24.6 Å². The molecular formula is C19H25NO2. The average Bonchev–Trinajstić information content (AvgIpc) is 2.52. The molecule has 3 heteroatoms. The van der Waals surface area contributed by atoms with E-state index >= 15 is 0 Å². The van der Waals surface area contributed by atoms with Crippen LogP contribution in [0, 0.1) is 13.8 Å². The lowest BCUT2D eigenvalue weighted by molar-refractivity contribution is 0.214. The third-order valence-electron chi connectivity index (χ3n) is 3.65. The largest absolute Gasteiger partial charge is 0.497 e. The summed E-state index contributed by atoms with van der Waals surface area (Å²) in [4.78, 5) is 0. The average molecular weight is 299 g/mol. The van der Waals surface area contributed by atoms with Crippen molar-refractivity contribution in [3.8, 4) is 11.5 Å². The standard InChI is InChI=1S/C19H25NO2/c1-14-6-5-7-15(2)19(14)22-16(3)12-20-13-17-8-10-18(21-4)11-9-17/h5-11,16,20H,12-13H2,1-4H3. The maximum Gasteiger partial charge on any atom is 0.125 e. The minimum absolute atomic E-state index is 0.123. The van der Waals surface area contributed by atoms with Gasteiger partial charge in [0.05, 0.1) is 7.11 Å². The summed E-state index contributed by atoms with van der Waals surface area (Å²) in [5, 5.41) is 3.43. The van der Waals surface area contributed by atoms with E-state index in [9.17, 15) is 0 Å². The molecule has 2 rings (SSSR count). The van der Waals surface area contributed by atoms with E-state index < -0.39 is 0 Å². The molecule has 118 valence electrons. The Kier molecular flexibility index (Phi) is 5.84. The van der Waals surface area contributed by atoms with Crippen LogP contribution in [0.1, 0.15) is 23.6 Å². The van der Waals surface area contributed by atoms with E-state index in [4.69, 9.17) is 9.47 Å². The number of aryl methyl sites for hydroxylation is 2. The maximum absolute atomic E-state index is 6.07. The van der Waals surface area contributed by atoms with Crippen LogP contribution >= 0.6 is 0 Å². The van der Waals surface area contributed by atoms with E-state index in [1.807, 2.05) is 12.1 Å². The summed E-state index contributed by atoms with van der Waals surface area (Å²) in [6.07, 6.45) is 0.123. The predicted molar refractivity (Wildman–Crippen MR) is 90.7 cm³/mol. The van der Waals surface area contributed by atoms with Gasteiger partial charge in [0.25, 0.3) is 0 Å². The Hall–Kier alpha value is -2.00. The van der Waals surface area contributed by atoms with E-state index in [2.05, 4.69) is 56.4 Å². The van der Waals surface area contributed by atoms with Gasteiger partial charge in [-0.15, -0.1) is 0 Å². The van der Waals surface area contributed by atoms with Crippen molar-refractivity contribution in [1.82, 2.24) is 5.32 Å². The van der Waals surface area contributed by atoms with Gasteiger partial charge in [-0.25, -0.2) is 0 Å². The van der Waals surface area contributed by atoms with Gasteiger partial charge in [-0.1, -0.05) is 30.3 Å². The quantitative estimate of drug-likeness (QED) is 0.842. The number of rotatable bonds is 7. The molecule has 0 saturated heterocycles. The van der Waals surface area contributed by atoms with Crippen LogP contribution in [-0.2, 0) is 6.54 Å². The zero-order valence-corrected chi connectivity index (χ0v) is 13.8. The molecule has 0 aromatic heterocycles. The first-order chi connectivity index (χ1) is 10.6. The highest BCUT2D eigenvalue weighted by Gasteiger charge is 2.08. The third kappa shape index (κ3) is 4.50. The minimum atomic E-state index is 0.123. The lowest BCUT2D eigenvalue weighted by Crippen LogP contribution is -2.29. The zero-order valence-electron chi connectivity index (χ0n) is 13.8. The van der Waals surface area contributed by atoms with Crippen LogP contribution in [0.25, 0.3) is 0 Å². The van der Waals surface area contributed by atoms with Crippen LogP contribution in [0.5, 0.6) is 11.5 Å². The van der Waals surface area contributed by atoms with Crippen molar-refractivity contribution in [2.24, 2.45) is 0 Å². The maximum atomic E-state index is 6.07. The number of methoxy groups -OCH3 is 1. The molecule has 0 spiro atoms. The summed E-state index contributed by atoms with van der Waals surface area (Å²) in [6.45, 7) is 7.89. The number of para-hydroxylation sites is 1. The molecular weight excluding hydrogens is 274 g/mol. The molecule has 1 N–H and O–H groups in total. The molecule has 0 aliphatic heterocycles. The molecule has 2 aromatic rings. The second-order valence-electron chi connectivity index (χ2n) is 5.63. The fraction of sp³-hybridized carbons (Fsp3) is 0.368. The first-order valence-electron chi connectivity index (χ1n) is 7.66. The summed E-state index contributed by atoms with van der Waals surface area (Å²) in [5.74, 6) is 1.89. The second-order valence-corrected chi connectivity index (χ2v) is 5.63. The molecule has 3 nitrogen and oxygen atoms in total. The molecule has 0 aliphatic carbocycles. The lowest BCUT2D eigenvalue weighted by atomic mass is 10.1.